The zero-order valence-electron chi connectivity index (χ0n) is 8.08. The van der Waals surface area contributed by atoms with Crippen molar-refractivity contribution >= 4 is 17.6 Å². The summed E-state index contributed by atoms with van der Waals surface area (Å²) in [5.74, 6) is 1.40. The maximum atomic E-state index is 7.07. The molecule has 2 atom stereocenters. The first-order chi connectivity index (χ1) is 6.20. The number of rotatable bonds is 5. The van der Waals surface area contributed by atoms with Crippen LogP contribution >= 0.6 is 11.8 Å². The van der Waals surface area contributed by atoms with Crippen molar-refractivity contribution in [2.24, 2.45) is 5.73 Å². The minimum atomic E-state index is 0.302. The van der Waals surface area contributed by atoms with E-state index in [1.807, 2.05) is 11.8 Å². The lowest BCUT2D eigenvalue weighted by Gasteiger charge is -2.12. The lowest BCUT2D eigenvalue weighted by Crippen LogP contribution is -2.14. The lowest BCUT2D eigenvalue weighted by molar-refractivity contribution is 0.127. The van der Waals surface area contributed by atoms with E-state index in [1.54, 1.807) is 0 Å². The van der Waals surface area contributed by atoms with Crippen LogP contribution in [0.5, 0.6) is 0 Å². The lowest BCUT2D eigenvalue weighted by atomic mass is 10.3. The second kappa shape index (κ2) is 5.50. The third kappa shape index (κ3) is 4.00. The first-order valence-electron chi connectivity index (χ1n) is 4.76. The molecule has 3 nitrogen and oxygen atoms in total. The summed E-state index contributed by atoms with van der Waals surface area (Å²) in [7, 11) is 0. The van der Waals surface area contributed by atoms with Crippen LogP contribution in [-0.2, 0) is 4.74 Å². The van der Waals surface area contributed by atoms with Crippen LogP contribution in [-0.4, -0.2) is 29.5 Å². The van der Waals surface area contributed by atoms with Gasteiger partial charge < -0.3 is 10.5 Å². The number of amidine groups is 1. The second-order valence-electron chi connectivity index (χ2n) is 3.40. The van der Waals surface area contributed by atoms with Gasteiger partial charge in [0.1, 0.15) is 0 Å². The Balaban J connectivity index is 2.02. The molecule has 0 aromatic carbocycles. The van der Waals surface area contributed by atoms with Gasteiger partial charge in [0.05, 0.1) is 11.9 Å². The van der Waals surface area contributed by atoms with Crippen LogP contribution in [0.4, 0.5) is 0 Å². The van der Waals surface area contributed by atoms with Crippen molar-refractivity contribution in [3.8, 4) is 0 Å². The van der Waals surface area contributed by atoms with Gasteiger partial charge in [-0.2, -0.15) is 11.8 Å². The van der Waals surface area contributed by atoms with Crippen molar-refractivity contribution in [2.45, 2.75) is 37.5 Å². The molecule has 76 valence electrons. The largest absolute Gasteiger partial charge is 0.388 e. The summed E-state index contributed by atoms with van der Waals surface area (Å²) in [6.45, 7) is 3.04. The molecule has 0 saturated carbocycles. The van der Waals surface area contributed by atoms with Gasteiger partial charge in [-0.25, -0.2) is 0 Å². The highest BCUT2D eigenvalue weighted by Gasteiger charge is 2.23. The Morgan fingerprint density at radius 3 is 3.00 bits per heavy atom. The molecule has 0 bridgehead atoms. The smallest absolute Gasteiger partial charge is 0.0905 e. The number of hydrogen-bond donors (Lipinski definition) is 2. The fraction of sp³-hybridized carbons (Fsp3) is 0.889. The topological polar surface area (TPSA) is 59.1 Å². The Morgan fingerprint density at radius 1 is 1.69 bits per heavy atom. The van der Waals surface area contributed by atoms with Crippen molar-refractivity contribution in [1.82, 2.24) is 0 Å². The molecule has 2 unspecified atom stereocenters. The van der Waals surface area contributed by atoms with E-state index in [4.69, 9.17) is 15.9 Å². The molecule has 13 heavy (non-hydrogen) atoms. The van der Waals surface area contributed by atoms with Gasteiger partial charge in [-0.1, -0.05) is 0 Å². The summed E-state index contributed by atoms with van der Waals surface area (Å²) >= 11 is 1.96. The molecule has 0 radical (unpaired) electrons. The van der Waals surface area contributed by atoms with Crippen LogP contribution in [0.2, 0.25) is 0 Å². The third-order valence-corrected chi connectivity index (χ3v) is 3.80. The Labute approximate surface area is 83.9 Å². The fourth-order valence-electron chi connectivity index (χ4n) is 1.43. The molecule has 1 rings (SSSR count). The number of nitrogens with two attached hydrogens (primary N) is 1. The van der Waals surface area contributed by atoms with E-state index >= 15 is 0 Å². The number of ether oxygens (including phenoxy) is 1. The van der Waals surface area contributed by atoms with Gasteiger partial charge in [0.25, 0.3) is 0 Å². The average molecular weight is 202 g/mol. The molecule has 4 heteroatoms. The molecule has 0 aromatic rings. The number of hydrogen-bond acceptors (Lipinski definition) is 3. The summed E-state index contributed by atoms with van der Waals surface area (Å²) < 4.78 is 5.46. The fourth-order valence-corrected chi connectivity index (χ4v) is 2.65. The second-order valence-corrected chi connectivity index (χ2v) is 4.75. The molecule has 0 amide bonds. The minimum absolute atomic E-state index is 0.302. The Bertz CT molecular complexity index is 175. The van der Waals surface area contributed by atoms with Crippen molar-refractivity contribution in [2.75, 3.05) is 12.4 Å². The third-order valence-electron chi connectivity index (χ3n) is 2.23. The monoisotopic (exact) mass is 202 g/mol. The SMILES string of the molecule is CC1OCCC1SCCCC(=N)N. The molecule has 1 heterocycles. The van der Waals surface area contributed by atoms with Crippen LogP contribution in [0, 0.1) is 5.41 Å². The molecule has 1 aliphatic rings. The highest BCUT2D eigenvalue weighted by atomic mass is 32.2. The van der Waals surface area contributed by atoms with E-state index in [0.717, 1.165) is 25.2 Å². The summed E-state index contributed by atoms with van der Waals surface area (Å²) in [6.07, 6.45) is 3.33. The Hall–Kier alpha value is -0.220. The maximum Gasteiger partial charge on any atom is 0.0905 e. The van der Waals surface area contributed by atoms with Gasteiger partial charge in [-0.05, 0) is 25.5 Å². The standard InChI is InChI=1S/C9H18N2OS/c1-7-8(4-5-12-7)13-6-2-3-9(10)11/h7-8H,2-6H2,1H3,(H3,10,11). The molecular weight excluding hydrogens is 184 g/mol. The summed E-state index contributed by atoms with van der Waals surface area (Å²) in [6, 6.07) is 0. The van der Waals surface area contributed by atoms with E-state index in [2.05, 4.69) is 6.92 Å². The molecule has 1 saturated heterocycles. The molecule has 0 spiro atoms. The van der Waals surface area contributed by atoms with Crippen LogP contribution in [0.3, 0.4) is 0 Å². The van der Waals surface area contributed by atoms with Crippen LogP contribution in [0.15, 0.2) is 0 Å². The molecule has 1 fully saturated rings. The summed E-state index contributed by atoms with van der Waals surface area (Å²) in [4.78, 5) is 0. The van der Waals surface area contributed by atoms with E-state index in [9.17, 15) is 0 Å². The normalized spacial score (nSPS) is 27.8. The van der Waals surface area contributed by atoms with Crippen LogP contribution in [0.25, 0.3) is 0 Å². The first kappa shape index (κ1) is 10.9. The van der Waals surface area contributed by atoms with Crippen molar-refractivity contribution < 1.29 is 4.74 Å². The zero-order valence-corrected chi connectivity index (χ0v) is 8.90. The van der Waals surface area contributed by atoms with Gasteiger partial charge in [0.2, 0.25) is 0 Å². The maximum absolute atomic E-state index is 7.07. The highest BCUT2D eigenvalue weighted by molar-refractivity contribution is 7.99. The minimum Gasteiger partial charge on any atom is -0.388 e. The van der Waals surface area contributed by atoms with Gasteiger partial charge in [-0.3, -0.25) is 5.41 Å². The molecular formula is C9H18N2OS. The molecule has 0 aliphatic carbocycles. The van der Waals surface area contributed by atoms with Crippen LogP contribution in [0.1, 0.15) is 26.2 Å². The van der Waals surface area contributed by atoms with Crippen molar-refractivity contribution in [1.29, 1.82) is 5.41 Å². The van der Waals surface area contributed by atoms with E-state index in [1.165, 1.54) is 6.42 Å². The van der Waals surface area contributed by atoms with Crippen LogP contribution < -0.4 is 5.73 Å². The van der Waals surface area contributed by atoms with E-state index in [0.29, 0.717) is 17.2 Å². The molecule has 3 N–H and O–H groups in total. The number of thioether (sulfide) groups is 1. The van der Waals surface area contributed by atoms with E-state index < -0.39 is 0 Å². The first-order valence-corrected chi connectivity index (χ1v) is 5.81. The summed E-state index contributed by atoms with van der Waals surface area (Å²) in [5.41, 5.74) is 5.26. The van der Waals surface area contributed by atoms with E-state index in [-0.39, 0.29) is 0 Å². The highest BCUT2D eigenvalue weighted by Crippen LogP contribution is 2.26. The van der Waals surface area contributed by atoms with Gasteiger partial charge >= 0.3 is 0 Å². The quantitative estimate of drug-likeness (QED) is 0.404. The number of nitrogens with one attached hydrogen (secondary N) is 1. The van der Waals surface area contributed by atoms with Crippen molar-refractivity contribution in [3.05, 3.63) is 0 Å². The summed E-state index contributed by atoms with van der Waals surface area (Å²) in [5, 5.41) is 7.72. The van der Waals surface area contributed by atoms with Gasteiger partial charge in [0.15, 0.2) is 0 Å². The molecule has 1 aliphatic heterocycles. The van der Waals surface area contributed by atoms with Crippen molar-refractivity contribution in [3.63, 3.8) is 0 Å². The van der Waals surface area contributed by atoms with Gasteiger partial charge in [-0.15, -0.1) is 0 Å². The zero-order chi connectivity index (χ0) is 9.68. The molecule has 0 aromatic heterocycles. The van der Waals surface area contributed by atoms with Gasteiger partial charge in [0, 0.05) is 18.3 Å². The average Bonchev–Trinajstić information content (AvgIpc) is 2.45. The Morgan fingerprint density at radius 2 is 2.46 bits per heavy atom. The Kier molecular flexibility index (Phi) is 4.59. The predicted octanol–water partition coefficient (Wildman–Crippen LogP) is 1.61. The predicted molar refractivity (Wildman–Crippen MR) is 57.4 cm³/mol.